The van der Waals surface area contributed by atoms with Gasteiger partial charge in [-0.1, -0.05) is 4.40 Å². The molecular formula is C11H17N3OS. The molecule has 4 nitrogen and oxygen atoms in total. The minimum atomic E-state index is -1.19. The zero-order valence-electron chi connectivity index (χ0n) is 10.1. The number of imidazole rings is 1. The maximum absolute atomic E-state index is 11.9. The zero-order chi connectivity index (χ0) is 11.9. The van der Waals surface area contributed by atoms with Gasteiger partial charge in [0.1, 0.15) is 27.5 Å². The van der Waals surface area contributed by atoms with Gasteiger partial charge < -0.3 is 9.12 Å². The maximum Gasteiger partial charge on any atom is 0.144 e. The maximum atomic E-state index is 11.9. The fourth-order valence-electron chi connectivity index (χ4n) is 1.67. The molecule has 0 spiro atoms. The van der Waals surface area contributed by atoms with Crippen molar-refractivity contribution in [3.63, 3.8) is 0 Å². The highest BCUT2D eigenvalue weighted by Crippen LogP contribution is 2.24. The van der Waals surface area contributed by atoms with Gasteiger partial charge in [-0.05, 0) is 27.2 Å². The van der Waals surface area contributed by atoms with Crippen LogP contribution in [0.1, 0.15) is 38.6 Å². The van der Waals surface area contributed by atoms with Crippen molar-refractivity contribution in [2.75, 3.05) is 0 Å². The number of nitrogens with zero attached hydrogens (tertiary/aromatic N) is 3. The number of aromatic nitrogens is 2. The second kappa shape index (κ2) is 3.89. The number of fused-ring (bicyclic) bond motifs is 1. The van der Waals surface area contributed by atoms with E-state index in [1.807, 2.05) is 32.4 Å². The van der Waals surface area contributed by atoms with Crippen molar-refractivity contribution in [3.8, 4) is 0 Å². The first-order valence-electron chi connectivity index (χ1n) is 5.39. The molecule has 0 amide bonds. The highest BCUT2D eigenvalue weighted by Gasteiger charge is 2.30. The molecule has 1 heterocycles. The normalized spacial score (nSPS) is 20.2. The van der Waals surface area contributed by atoms with Gasteiger partial charge in [-0.2, -0.15) is 0 Å². The van der Waals surface area contributed by atoms with Gasteiger partial charge in [0, 0.05) is 19.2 Å². The first-order valence-corrected chi connectivity index (χ1v) is 6.50. The van der Waals surface area contributed by atoms with E-state index in [1.165, 1.54) is 5.69 Å². The lowest BCUT2D eigenvalue weighted by Gasteiger charge is -2.18. The number of hydrogen-bond acceptors (Lipinski definition) is 3. The fraction of sp³-hybridized carbons (Fsp3) is 0.636. The van der Waals surface area contributed by atoms with E-state index in [1.54, 1.807) is 6.33 Å². The van der Waals surface area contributed by atoms with Gasteiger partial charge in [0.05, 0.1) is 6.33 Å². The molecule has 1 aromatic heterocycles. The topological polar surface area (TPSA) is 53.2 Å². The van der Waals surface area contributed by atoms with Crippen molar-refractivity contribution in [2.24, 2.45) is 11.4 Å². The molecule has 0 aliphatic heterocycles. The second-order valence-corrected chi connectivity index (χ2v) is 6.96. The Kier molecular flexibility index (Phi) is 2.84. The van der Waals surface area contributed by atoms with Crippen LogP contribution in [-0.4, -0.2) is 24.6 Å². The Morgan fingerprint density at radius 1 is 1.44 bits per heavy atom. The van der Waals surface area contributed by atoms with Crippen LogP contribution >= 0.6 is 0 Å². The van der Waals surface area contributed by atoms with E-state index in [0.717, 1.165) is 24.2 Å². The summed E-state index contributed by atoms with van der Waals surface area (Å²) in [5.74, 6) is 0. The average Bonchev–Trinajstić information content (AvgIpc) is 2.70. The third-order valence-electron chi connectivity index (χ3n) is 2.65. The molecule has 1 atom stereocenters. The van der Waals surface area contributed by atoms with Crippen LogP contribution in [0.2, 0.25) is 0 Å². The van der Waals surface area contributed by atoms with Crippen LogP contribution in [0.3, 0.4) is 0 Å². The average molecular weight is 239 g/mol. The quantitative estimate of drug-likeness (QED) is 0.699. The standard InChI is InChI=1S/C11H17N3OS/c1-11(2,3)16(15)13-8-5-6-9-10(8)12-7-14(9)4/h7H,5-6H2,1-4H3/b13-8+. The molecule has 0 bridgehead atoms. The first kappa shape index (κ1) is 11.7. The second-order valence-electron chi connectivity index (χ2n) is 5.05. The smallest absolute Gasteiger partial charge is 0.144 e. The Morgan fingerprint density at radius 3 is 2.75 bits per heavy atom. The van der Waals surface area contributed by atoms with Crippen molar-refractivity contribution in [1.82, 2.24) is 9.55 Å². The molecular weight excluding hydrogens is 222 g/mol. The zero-order valence-corrected chi connectivity index (χ0v) is 11.0. The van der Waals surface area contributed by atoms with Crippen LogP contribution in [0.15, 0.2) is 10.7 Å². The number of hydrogen-bond donors (Lipinski definition) is 0. The van der Waals surface area contributed by atoms with Crippen molar-refractivity contribution in [3.05, 3.63) is 17.7 Å². The summed E-state index contributed by atoms with van der Waals surface area (Å²) in [6, 6.07) is 0. The molecule has 1 aliphatic carbocycles. The molecule has 1 unspecified atom stereocenters. The molecule has 2 rings (SSSR count). The van der Waals surface area contributed by atoms with Gasteiger partial charge >= 0.3 is 0 Å². The van der Waals surface area contributed by atoms with Crippen LogP contribution in [-0.2, 0) is 24.8 Å². The molecule has 1 aliphatic rings. The minimum absolute atomic E-state index is 0.301. The Morgan fingerprint density at radius 2 is 2.12 bits per heavy atom. The lowest BCUT2D eigenvalue weighted by atomic mass is 10.3. The molecule has 5 heteroatoms. The van der Waals surface area contributed by atoms with E-state index >= 15 is 0 Å². The van der Waals surface area contributed by atoms with E-state index in [4.69, 9.17) is 0 Å². The summed E-state index contributed by atoms with van der Waals surface area (Å²) in [5.41, 5.74) is 3.02. The molecule has 88 valence electrons. The summed E-state index contributed by atoms with van der Waals surface area (Å²) in [6.07, 6.45) is 3.60. The lowest BCUT2D eigenvalue weighted by Crippen LogP contribution is -2.26. The summed E-state index contributed by atoms with van der Waals surface area (Å²) < 4.78 is 18.0. The molecule has 0 saturated carbocycles. The lowest BCUT2D eigenvalue weighted by molar-refractivity contribution is 0.561. The SMILES string of the molecule is Cn1cnc2c1CC/C2=N\[S+]([O-])C(C)(C)C. The minimum Gasteiger partial charge on any atom is -0.591 e. The molecule has 0 radical (unpaired) electrons. The molecule has 0 saturated heterocycles. The highest BCUT2D eigenvalue weighted by atomic mass is 32.2. The Bertz CT molecular complexity index is 431. The molecule has 1 aromatic rings. The summed E-state index contributed by atoms with van der Waals surface area (Å²) in [6.45, 7) is 5.80. The number of aryl methyl sites for hydroxylation is 1. The molecule has 16 heavy (non-hydrogen) atoms. The van der Waals surface area contributed by atoms with Crippen molar-refractivity contribution in [2.45, 2.75) is 38.4 Å². The van der Waals surface area contributed by atoms with E-state index in [2.05, 4.69) is 9.38 Å². The fourth-order valence-corrected chi connectivity index (χ4v) is 2.32. The van der Waals surface area contributed by atoms with Crippen molar-refractivity contribution < 1.29 is 4.55 Å². The van der Waals surface area contributed by atoms with Crippen LogP contribution in [0.4, 0.5) is 0 Å². The van der Waals surface area contributed by atoms with Gasteiger partial charge in [-0.3, -0.25) is 0 Å². The van der Waals surface area contributed by atoms with E-state index in [9.17, 15) is 4.55 Å². The van der Waals surface area contributed by atoms with Gasteiger partial charge in [0.2, 0.25) is 0 Å². The van der Waals surface area contributed by atoms with E-state index in [0.29, 0.717) is 0 Å². The highest BCUT2D eigenvalue weighted by molar-refractivity contribution is 7.91. The van der Waals surface area contributed by atoms with E-state index in [-0.39, 0.29) is 4.75 Å². The van der Waals surface area contributed by atoms with Crippen LogP contribution in [0.5, 0.6) is 0 Å². The predicted molar refractivity (Wildman–Crippen MR) is 66.0 cm³/mol. The third-order valence-corrected chi connectivity index (χ3v) is 4.08. The largest absolute Gasteiger partial charge is 0.591 e. The van der Waals surface area contributed by atoms with Crippen LogP contribution < -0.4 is 0 Å². The monoisotopic (exact) mass is 239 g/mol. The van der Waals surface area contributed by atoms with Gasteiger partial charge in [-0.25, -0.2) is 4.98 Å². The first-order chi connectivity index (χ1) is 7.39. The summed E-state index contributed by atoms with van der Waals surface area (Å²) >= 11 is -1.19. The Balaban J connectivity index is 2.28. The van der Waals surface area contributed by atoms with Crippen molar-refractivity contribution >= 4 is 17.1 Å². The van der Waals surface area contributed by atoms with Crippen LogP contribution in [0.25, 0.3) is 0 Å². The Labute approximate surface area is 99.1 Å². The molecule has 0 aromatic carbocycles. The predicted octanol–water partition coefficient (Wildman–Crippen LogP) is 1.62. The Hall–Kier alpha value is -0.810. The van der Waals surface area contributed by atoms with Crippen molar-refractivity contribution in [1.29, 1.82) is 0 Å². The van der Waals surface area contributed by atoms with Gasteiger partial charge in [-0.15, -0.1) is 0 Å². The van der Waals surface area contributed by atoms with Gasteiger partial charge in [0.25, 0.3) is 0 Å². The van der Waals surface area contributed by atoms with E-state index < -0.39 is 11.4 Å². The third kappa shape index (κ3) is 2.01. The van der Waals surface area contributed by atoms with Crippen LogP contribution in [0, 0.1) is 0 Å². The summed E-state index contributed by atoms with van der Waals surface area (Å²) in [4.78, 5) is 4.31. The molecule has 0 fully saturated rings. The molecule has 0 N–H and O–H groups in total. The number of rotatable bonds is 1. The summed E-state index contributed by atoms with van der Waals surface area (Å²) in [7, 11) is 1.98. The summed E-state index contributed by atoms with van der Waals surface area (Å²) in [5, 5.41) is 0. The van der Waals surface area contributed by atoms with Gasteiger partial charge in [0.15, 0.2) is 0 Å².